The van der Waals surface area contributed by atoms with Gasteiger partial charge in [-0.2, -0.15) is 0 Å². The topological polar surface area (TPSA) is 48.9 Å². The van der Waals surface area contributed by atoms with Crippen molar-refractivity contribution in [3.05, 3.63) is 29.8 Å². The zero-order valence-corrected chi connectivity index (χ0v) is 16.0. The van der Waals surface area contributed by atoms with Crippen molar-refractivity contribution >= 4 is 29.9 Å². The fraction of sp³-hybridized carbons (Fsp3) is 0.562. The summed E-state index contributed by atoms with van der Waals surface area (Å²) in [4.78, 5) is 6.65. The van der Waals surface area contributed by atoms with Gasteiger partial charge in [0.2, 0.25) is 0 Å². The summed E-state index contributed by atoms with van der Waals surface area (Å²) in [6, 6.07) is 8.03. The van der Waals surface area contributed by atoms with Gasteiger partial charge in [-0.05, 0) is 32.0 Å². The Balaban J connectivity index is 0.00000242. The van der Waals surface area contributed by atoms with E-state index in [1.54, 1.807) is 14.2 Å². The van der Waals surface area contributed by atoms with E-state index in [-0.39, 0.29) is 24.0 Å². The second kappa shape index (κ2) is 9.89. The highest BCUT2D eigenvalue weighted by atomic mass is 127. The molecule has 1 unspecified atom stereocenters. The summed E-state index contributed by atoms with van der Waals surface area (Å²) in [6.07, 6.45) is 1.26. The molecule has 1 atom stereocenters. The molecule has 124 valence electrons. The van der Waals surface area contributed by atoms with Crippen molar-refractivity contribution in [2.75, 3.05) is 40.8 Å². The number of hydrogen-bond donors (Lipinski definition) is 2. The molecule has 1 aromatic rings. The van der Waals surface area contributed by atoms with Crippen molar-refractivity contribution in [3.63, 3.8) is 0 Å². The van der Waals surface area contributed by atoms with Gasteiger partial charge in [0.1, 0.15) is 5.75 Å². The Bertz CT molecular complexity index is 481. The molecule has 2 N–H and O–H groups in total. The number of likely N-dealkylation sites (tertiary alicyclic amines) is 1. The molecule has 2 rings (SSSR count). The monoisotopic (exact) mass is 418 g/mol. The van der Waals surface area contributed by atoms with Gasteiger partial charge >= 0.3 is 0 Å². The van der Waals surface area contributed by atoms with Crippen LogP contribution in [-0.2, 0) is 6.54 Å². The molecule has 0 saturated carbocycles. The summed E-state index contributed by atoms with van der Waals surface area (Å²) < 4.78 is 5.36. The van der Waals surface area contributed by atoms with Crippen molar-refractivity contribution in [1.82, 2.24) is 15.5 Å². The van der Waals surface area contributed by atoms with Gasteiger partial charge in [0.25, 0.3) is 0 Å². The van der Waals surface area contributed by atoms with Crippen LogP contribution in [0.15, 0.2) is 29.3 Å². The molecule has 0 aliphatic carbocycles. The Morgan fingerprint density at radius 3 is 2.77 bits per heavy atom. The molecule has 5 nitrogen and oxygen atoms in total. The quantitative estimate of drug-likeness (QED) is 0.436. The molecule has 0 bridgehead atoms. The van der Waals surface area contributed by atoms with Gasteiger partial charge in [-0.25, -0.2) is 0 Å². The summed E-state index contributed by atoms with van der Waals surface area (Å²) in [5.74, 6) is 2.45. The molecular weight excluding hydrogens is 391 g/mol. The third kappa shape index (κ3) is 5.64. The van der Waals surface area contributed by atoms with Crippen molar-refractivity contribution in [2.45, 2.75) is 13.0 Å². The fourth-order valence-electron chi connectivity index (χ4n) is 2.68. The molecule has 0 amide bonds. The van der Waals surface area contributed by atoms with E-state index in [1.807, 2.05) is 18.2 Å². The van der Waals surface area contributed by atoms with Gasteiger partial charge in [0.15, 0.2) is 5.96 Å². The van der Waals surface area contributed by atoms with Crippen LogP contribution in [0, 0.1) is 5.92 Å². The summed E-state index contributed by atoms with van der Waals surface area (Å²) in [7, 11) is 5.68. The Hall–Kier alpha value is -1.02. The first-order valence-electron chi connectivity index (χ1n) is 7.48. The van der Waals surface area contributed by atoms with Gasteiger partial charge in [0.05, 0.1) is 7.11 Å². The molecule has 0 spiro atoms. The van der Waals surface area contributed by atoms with Gasteiger partial charge < -0.3 is 20.3 Å². The fourth-order valence-corrected chi connectivity index (χ4v) is 2.68. The molecule has 22 heavy (non-hydrogen) atoms. The first kappa shape index (κ1) is 19.0. The summed E-state index contributed by atoms with van der Waals surface area (Å²) in [5.41, 5.74) is 1.13. The van der Waals surface area contributed by atoms with Crippen molar-refractivity contribution in [2.24, 2.45) is 10.9 Å². The maximum absolute atomic E-state index is 5.36. The number of methoxy groups -OCH3 is 1. The van der Waals surface area contributed by atoms with E-state index < -0.39 is 0 Å². The molecule has 1 saturated heterocycles. The predicted octanol–water partition coefficient (Wildman–Crippen LogP) is 1.93. The third-order valence-corrected chi connectivity index (χ3v) is 3.91. The van der Waals surface area contributed by atoms with E-state index in [2.05, 4.69) is 33.6 Å². The smallest absolute Gasteiger partial charge is 0.191 e. The lowest BCUT2D eigenvalue weighted by molar-refractivity contribution is 0.393. The number of guanidine groups is 1. The number of benzene rings is 1. The number of nitrogens with one attached hydrogen (secondary N) is 2. The molecule has 0 radical (unpaired) electrons. The van der Waals surface area contributed by atoms with Crippen LogP contribution >= 0.6 is 24.0 Å². The highest BCUT2D eigenvalue weighted by Crippen LogP contribution is 2.16. The molecule has 1 aromatic carbocycles. The lowest BCUT2D eigenvalue weighted by atomic mass is 10.1. The minimum atomic E-state index is 0. The molecular formula is C16H27IN4O. The minimum Gasteiger partial charge on any atom is -0.496 e. The van der Waals surface area contributed by atoms with Crippen molar-refractivity contribution < 1.29 is 4.74 Å². The van der Waals surface area contributed by atoms with Gasteiger partial charge in [0, 0.05) is 32.2 Å². The van der Waals surface area contributed by atoms with E-state index in [1.165, 1.54) is 13.0 Å². The summed E-state index contributed by atoms with van der Waals surface area (Å²) in [5, 5.41) is 6.75. The van der Waals surface area contributed by atoms with Crippen LogP contribution in [0.3, 0.4) is 0 Å². The minimum absolute atomic E-state index is 0. The van der Waals surface area contributed by atoms with Crippen LogP contribution in [-0.4, -0.2) is 51.7 Å². The summed E-state index contributed by atoms with van der Waals surface area (Å²) >= 11 is 0. The number of aliphatic imine (C=N–C) groups is 1. The third-order valence-electron chi connectivity index (χ3n) is 3.91. The van der Waals surface area contributed by atoms with Crippen LogP contribution in [0.5, 0.6) is 5.75 Å². The lowest BCUT2D eigenvalue weighted by Crippen LogP contribution is -2.39. The van der Waals surface area contributed by atoms with E-state index in [0.717, 1.165) is 30.4 Å². The Morgan fingerprint density at radius 1 is 1.36 bits per heavy atom. The van der Waals surface area contributed by atoms with E-state index in [9.17, 15) is 0 Å². The standard InChI is InChI=1S/C16H26N4O.HI/c1-17-16(18-10-13-8-9-20(2)12-13)19-11-14-6-4-5-7-15(14)21-3;/h4-7,13H,8-12H2,1-3H3,(H2,17,18,19);1H. The van der Waals surface area contributed by atoms with Crippen LogP contribution in [0.2, 0.25) is 0 Å². The van der Waals surface area contributed by atoms with E-state index in [4.69, 9.17) is 4.74 Å². The number of rotatable bonds is 5. The Kier molecular flexibility index (Phi) is 8.55. The number of ether oxygens (including phenoxy) is 1. The average Bonchev–Trinajstić information content (AvgIpc) is 2.93. The number of halogens is 1. The first-order valence-corrected chi connectivity index (χ1v) is 7.48. The Morgan fingerprint density at radius 2 is 2.14 bits per heavy atom. The van der Waals surface area contributed by atoms with Crippen molar-refractivity contribution in [3.8, 4) is 5.75 Å². The highest BCUT2D eigenvalue weighted by Gasteiger charge is 2.19. The molecule has 0 aromatic heterocycles. The number of para-hydroxylation sites is 1. The van der Waals surface area contributed by atoms with E-state index in [0.29, 0.717) is 12.5 Å². The normalized spacial score (nSPS) is 18.7. The average molecular weight is 418 g/mol. The van der Waals surface area contributed by atoms with Gasteiger partial charge in [-0.15, -0.1) is 24.0 Å². The lowest BCUT2D eigenvalue weighted by Gasteiger charge is -2.16. The largest absolute Gasteiger partial charge is 0.496 e. The maximum Gasteiger partial charge on any atom is 0.191 e. The predicted molar refractivity (Wildman–Crippen MR) is 102 cm³/mol. The van der Waals surface area contributed by atoms with Gasteiger partial charge in [-0.1, -0.05) is 18.2 Å². The number of hydrogen-bond acceptors (Lipinski definition) is 3. The summed E-state index contributed by atoms with van der Waals surface area (Å²) in [6.45, 7) is 4.03. The van der Waals surface area contributed by atoms with Crippen LogP contribution in [0.4, 0.5) is 0 Å². The highest BCUT2D eigenvalue weighted by molar-refractivity contribution is 14.0. The SMILES string of the molecule is CN=C(NCc1ccccc1OC)NCC1CCN(C)C1.I. The zero-order chi connectivity index (χ0) is 15.1. The zero-order valence-electron chi connectivity index (χ0n) is 13.6. The van der Waals surface area contributed by atoms with Gasteiger partial charge in [-0.3, -0.25) is 4.99 Å². The van der Waals surface area contributed by atoms with Crippen LogP contribution in [0.1, 0.15) is 12.0 Å². The number of nitrogens with zero attached hydrogens (tertiary/aromatic N) is 2. The molecule has 1 aliphatic heterocycles. The second-order valence-corrected chi connectivity index (χ2v) is 5.54. The second-order valence-electron chi connectivity index (χ2n) is 5.54. The molecule has 6 heteroatoms. The Labute approximate surface area is 150 Å². The maximum atomic E-state index is 5.36. The molecule has 1 heterocycles. The van der Waals surface area contributed by atoms with Crippen LogP contribution in [0.25, 0.3) is 0 Å². The van der Waals surface area contributed by atoms with Crippen molar-refractivity contribution in [1.29, 1.82) is 0 Å². The first-order chi connectivity index (χ1) is 10.2. The van der Waals surface area contributed by atoms with E-state index >= 15 is 0 Å². The molecule has 1 aliphatic rings. The van der Waals surface area contributed by atoms with Crippen LogP contribution < -0.4 is 15.4 Å². The molecule has 1 fully saturated rings.